The molecule has 0 aromatic carbocycles. The molecule has 0 saturated carbocycles. The third-order valence-corrected chi connectivity index (χ3v) is 13.1. The van der Waals surface area contributed by atoms with E-state index in [1.54, 1.807) is 7.11 Å². The summed E-state index contributed by atoms with van der Waals surface area (Å²) in [7, 11) is 1.58. The predicted octanol–water partition coefficient (Wildman–Crippen LogP) is 2.27. The van der Waals surface area contributed by atoms with E-state index in [1.165, 1.54) is 0 Å². The topological polar surface area (TPSA) is 180 Å². The molecule has 7 heterocycles. The van der Waals surface area contributed by atoms with Crippen LogP contribution in [0.25, 0.3) is 0 Å². The van der Waals surface area contributed by atoms with Crippen LogP contribution in [0.15, 0.2) is 24.3 Å². The molecule has 7 saturated heterocycles. The van der Waals surface area contributed by atoms with Crippen LogP contribution >= 0.6 is 0 Å². The molecule has 0 aromatic rings. The smallest absolute Gasteiger partial charge is 0.135 e. The van der Waals surface area contributed by atoms with E-state index in [1.807, 2.05) is 0 Å². The number of ether oxygens (including phenoxy) is 7. The van der Waals surface area contributed by atoms with Crippen LogP contribution < -0.4 is 0 Å². The number of hydrogen-bond donors (Lipinski definition) is 4. The van der Waals surface area contributed by atoms with Crippen molar-refractivity contribution in [1.82, 2.24) is 0 Å². The van der Waals surface area contributed by atoms with Gasteiger partial charge in [0.25, 0.3) is 0 Å². The van der Waals surface area contributed by atoms with Crippen LogP contribution in [0.3, 0.4) is 0 Å². The minimum Gasteiger partial charge on any atom is -0.394 e. The van der Waals surface area contributed by atoms with Crippen LogP contribution in [-0.4, -0.2) is 143 Å². The van der Waals surface area contributed by atoms with Gasteiger partial charge in [-0.1, -0.05) is 20.1 Å². The maximum atomic E-state index is 13.9. The Labute approximate surface area is 312 Å². The van der Waals surface area contributed by atoms with E-state index in [-0.39, 0.29) is 79.9 Å². The summed E-state index contributed by atoms with van der Waals surface area (Å²) in [5.74, 6) is -0.221. The normalized spacial score (nSPS) is 47.7. The summed E-state index contributed by atoms with van der Waals surface area (Å²) in [5.41, 5.74) is 2.00. The summed E-state index contributed by atoms with van der Waals surface area (Å²) in [5, 5.41) is 42.6. The van der Waals surface area contributed by atoms with Gasteiger partial charge in [0.15, 0.2) is 0 Å². The standard InChI is InChI=1S/C40H60O13/c1-19-11-26-7-9-29-20(2)12-25(48-29)6-5-22(42)15-33-35(45)39-40(53-33)36(46)38-30(52-39)10-8-27(50-38)13-23(43)14-28-32(17-31(49-26)21(19)3)51-34(37(28)47-4)16-24(44)18-41/h19,24-41,44-46H,2-3,5-18H2,1,4H3/t19-,24?,25?,26?,27?,28?,29?,30?,31?,32?,33-,34?,35?,36?,37-,38+,39+,40?/m1/s1. The Morgan fingerprint density at radius 3 is 2.23 bits per heavy atom. The third kappa shape index (κ3) is 8.56. The van der Waals surface area contributed by atoms with Gasteiger partial charge in [-0.3, -0.25) is 9.59 Å². The average molecular weight is 749 g/mol. The van der Waals surface area contributed by atoms with Crippen molar-refractivity contribution in [2.24, 2.45) is 11.8 Å². The number of aliphatic hydroxyl groups excluding tert-OH is 4. The number of ketones is 2. The quantitative estimate of drug-likeness (QED) is 0.308. The van der Waals surface area contributed by atoms with Crippen LogP contribution in [0.5, 0.6) is 0 Å². The Morgan fingerprint density at radius 2 is 1.45 bits per heavy atom. The molecule has 0 aromatic heterocycles. The lowest BCUT2D eigenvalue weighted by Gasteiger charge is -2.46. The molecule has 0 spiro atoms. The van der Waals surface area contributed by atoms with E-state index in [9.17, 15) is 30.0 Å². The molecule has 7 rings (SSSR count). The van der Waals surface area contributed by atoms with Crippen molar-refractivity contribution in [3.63, 3.8) is 0 Å². The molecule has 8 bridgehead atoms. The molecule has 13 heteroatoms. The zero-order valence-electron chi connectivity index (χ0n) is 31.2. The van der Waals surface area contributed by atoms with Gasteiger partial charge in [-0.15, -0.1) is 0 Å². The highest BCUT2D eigenvalue weighted by molar-refractivity contribution is 5.79. The number of Topliss-reactive ketones (excluding diaryl/α,β-unsaturated/α-hetero) is 2. The van der Waals surface area contributed by atoms with E-state index in [4.69, 9.17) is 33.2 Å². The number of methoxy groups -OCH3 is 1. The zero-order chi connectivity index (χ0) is 37.6. The molecule has 7 fully saturated rings. The summed E-state index contributed by atoms with van der Waals surface area (Å²) >= 11 is 0. The number of aliphatic hydroxyl groups is 4. The SMILES string of the molecule is C=C1CC2CCC(=O)C[C@H]3OC4C(O)[C@H]5OC(CCC5O[C@H]4C3O)CC(=O)CC3C(CC4OC(CCC1O2)C[C@@H](C)C4=C)OC(CC(O)CO)[C@@H]3OC. The van der Waals surface area contributed by atoms with Crippen molar-refractivity contribution in [1.29, 1.82) is 0 Å². The van der Waals surface area contributed by atoms with Gasteiger partial charge in [0, 0.05) is 51.6 Å². The minimum absolute atomic E-state index is 0.00643. The molecular weight excluding hydrogens is 688 g/mol. The third-order valence-electron chi connectivity index (χ3n) is 13.1. The number of fused-ring (bicyclic) bond motifs is 7. The predicted molar refractivity (Wildman–Crippen MR) is 189 cm³/mol. The Kier molecular flexibility index (Phi) is 12.6. The lowest BCUT2D eigenvalue weighted by molar-refractivity contribution is -0.259. The first-order chi connectivity index (χ1) is 25.4. The van der Waals surface area contributed by atoms with Gasteiger partial charge in [0.1, 0.15) is 42.1 Å². The first kappa shape index (κ1) is 39.6. The van der Waals surface area contributed by atoms with Crippen molar-refractivity contribution >= 4 is 11.6 Å². The van der Waals surface area contributed by atoms with Crippen LogP contribution in [0.4, 0.5) is 0 Å². The maximum Gasteiger partial charge on any atom is 0.135 e. The number of carbonyl (C=O) groups excluding carboxylic acids is 2. The fraction of sp³-hybridized carbons (Fsp3) is 0.850. The number of rotatable bonds is 4. The maximum absolute atomic E-state index is 13.9. The van der Waals surface area contributed by atoms with Gasteiger partial charge >= 0.3 is 0 Å². The van der Waals surface area contributed by atoms with E-state index in [0.29, 0.717) is 32.1 Å². The molecule has 13 unspecified atom stereocenters. The van der Waals surface area contributed by atoms with E-state index >= 15 is 0 Å². The molecule has 0 amide bonds. The molecule has 53 heavy (non-hydrogen) atoms. The van der Waals surface area contributed by atoms with E-state index < -0.39 is 79.9 Å². The zero-order valence-corrected chi connectivity index (χ0v) is 31.2. The lowest BCUT2D eigenvalue weighted by Crippen LogP contribution is -2.61. The van der Waals surface area contributed by atoms with Gasteiger partial charge in [-0.2, -0.15) is 0 Å². The highest BCUT2D eigenvalue weighted by Gasteiger charge is 2.57. The number of carbonyl (C=O) groups is 2. The fourth-order valence-electron chi connectivity index (χ4n) is 10.1. The van der Waals surface area contributed by atoms with E-state index in [2.05, 4.69) is 20.1 Å². The van der Waals surface area contributed by atoms with Crippen LogP contribution in [0.1, 0.15) is 90.4 Å². The fourth-order valence-corrected chi connectivity index (χ4v) is 10.1. The van der Waals surface area contributed by atoms with Crippen molar-refractivity contribution in [3.05, 3.63) is 24.3 Å². The second-order valence-corrected chi connectivity index (χ2v) is 16.8. The highest BCUT2D eigenvalue weighted by Crippen LogP contribution is 2.43. The van der Waals surface area contributed by atoms with Gasteiger partial charge in [0.2, 0.25) is 0 Å². The Balaban J connectivity index is 1.11. The molecule has 13 nitrogen and oxygen atoms in total. The first-order valence-electron chi connectivity index (χ1n) is 19.9. The largest absolute Gasteiger partial charge is 0.394 e. The van der Waals surface area contributed by atoms with Crippen molar-refractivity contribution in [3.8, 4) is 0 Å². The average Bonchev–Trinajstić information content (AvgIpc) is 3.76. The van der Waals surface area contributed by atoms with Crippen molar-refractivity contribution < 1.29 is 63.2 Å². The molecule has 7 aliphatic rings. The molecule has 0 radical (unpaired) electrons. The molecular formula is C40H60O13. The van der Waals surface area contributed by atoms with Gasteiger partial charge in [0.05, 0.1) is 73.8 Å². The van der Waals surface area contributed by atoms with E-state index in [0.717, 1.165) is 30.4 Å². The minimum atomic E-state index is -1.10. The molecule has 7 aliphatic heterocycles. The van der Waals surface area contributed by atoms with Gasteiger partial charge in [-0.05, 0) is 62.0 Å². The monoisotopic (exact) mass is 748 g/mol. The van der Waals surface area contributed by atoms with Crippen molar-refractivity contribution in [2.45, 2.75) is 188 Å². The molecule has 18 atom stereocenters. The lowest BCUT2D eigenvalue weighted by atomic mass is 9.81. The summed E-state index contributed by atoms with van der Waals surface area (Å²) < 4.78 is 44.3. The molecule has 0 aliphatic carbocycles. The molecule has 298 valence electrons. The second kappa shape index (κ2) is 16.9. The highest BCUT2D eigenvalue weighted by atomic mass is 16.6. The summed E-state index contributed by atoms with van der Waals surface area (Å²) in [6.07, 6.45) is -3.55. The summed E-state index contributed by atoms with van der Waals surface area (Å²) in [6.45, 7) is 10.4. The van der Waals surface area contributed by atoms with Crippen LogP contribution in [0.2, 0.25) is 0 Å². The first-order valence-corrected chi connectivity index (χ1v) is 19.9. The number of hydrogen-bond acceptors (Lipinski definition) is 13. The second-order valence-electron chi connectivity index (χ2n) is 16.8. The van der Waals surface area contributed by atoms with Gasteiger partial charge < -0.3 is 53.6 Å². The van der Waals surface area contributed by atoms with Crippen LogP contribution in [-0.2, 0) is 42.7 Å². The Hall–Kier alpha value is -1.62. The van der Waals surface area contributed by atoms with Gasteiger partial charge in [-0.25, -0.2) is 0 Å². The molecule has 4 N–H and O–H groups in total. The summed E-state index contributed by atoms with van der Waals surface area (Å²) in [4.78, 5) is 27.0. The Morgan fingerprint density at radius 1 is 0.736 bits per heavy atom. The Bertz CT molecular complexity index is 1340. The van der Waals surface area contributed by atoms with Crippen LogP contribution in [0, 0.1) is 11.8 Å². The van der Waals surface area contributed by atoms with Crippen molar-refractivity contribution in [2.75, 3.05) is 13.7 Å². The summed E-state index contributed by atoms with van der Waals surface area (Å²) in [6, 6.07) is 0.